The molecule has 0 heterocycles. The van der Waals surface area contributed by atoms with Crippen LogP contribution in [0.1, 0.15) is 24.5 Å². The Balaban J connectivity index is 1.70. The smallest absolute Gasteiger partial charge is 0.264 e. The highest BCUT2D eigenvalue weighted by Crippen LogP contribution is 2.28. The summed E-state index contributed by atoms with van der Waals surface area (Å²) in [6, 6.07) is 30.6. The van der Waals surface area contributed by atoms with Crippen molar-refractivity contribution in [2.75, 3.05) is 17.9 Å². The molecular weight excluding hydrogens is 550 g/mol. The quantitative estimate of drug-likeness (QED) is 0.236. The van der Waals surface area contributed by atoms with Crippen molar-refractivity contribution in [1.29, 1.82) is 0 Å². The monoisotopic (exact) mass is 585 g/mol. The van der Waals surface area contributed by atoms with Crippen LogP contribution in [0.5, 0.6) is 11.5 Å². The molecule has 0 saturated carbocycles. The second-order valence-electron chi connectivity index (χ2n) is 9.78. The molecule has 4 aromatic carbocycles. The molecule has 8 nitrogen and oxygen atoms in total. The molecule has 0 aliphatic carbocycles. The summed E-state index contributed by atoms with van der Waals surface area (Å²) in [4.78, 5) is 28.4. The Kier molecular flexibility index (Phi) is 9.98. The first-order valence-electron chi connectivity index (χ1n) is 13.7. The number of anilines is 1. The number of likely N-dealkylation sites (N-methyl/N-ethyl adjacent to an activating group) is 1. The largest absolute Gasteiger partial charge is 0.457 e. The number of sulfonamides is 1. The molecule has 218 valence electrons. The van der Waals surface area contributed by atoms with E-state index in [1.54, 1.807) is 42.5 Å². The van der Waals surface area contributed by atoms with Gasteiger partial charge < -0.3 is 15.0 Å². The molecule has 1 atom stereocenters. The standard InChI is InChI=1S/C33H35N3O5S/c1-4-31(33(38)34-3)35(23-26-17-15-25(2)16-18-26)32(37)24-36(42(39,40)30-13-9-6-10-14-30)27-19-21-29(22-20-27)41-28-11-7-5-8-12-28/h5-22,31H,4,23-24H2,1-3H3,(H,34,38)/t31-/m1/s1. The van der Waals surface area contributed by atoms with Crippen LogP contribution < -0.4 is 14.4 Å². The van der Waals surface area contributed by atoms with Gasteiger partial charge in [0.05, 0.1) is 10.6 Å². The molecule has 2 amide bonds. The van der Waals surface area contributed by atoms with E-state index in [1.807, 2.05) is 68.4 Å². The van der Waals surface area contributed by atoms with Gasteiger partial charge in [-0.25, -0.2) is 8.42 Å². The molecule has 0 saturated heterocycles. The zero-order chi connectivity index (χ0) is 30.1. The highest BCUT2D eigenvalue weighted by Gasteiger charge is 2.33. The number of para-hydroxylation sites is 1. The summed E-state index contributed by atoms with van der Waals surface area (Å²) in [6.07, 6.45) is 0.355. The molecule has 0 fully saturated rings. The molecule has 0 aromatic heterocycles. The van der Waals surface area contributed by atoms with E-state index >= 15 is 0 Å². The van der Waals surface area contributed by atoms with Gasteiger partial charge in [-0.05, 0) is 67.4 Å². The maximum absolute atomic E-state index is 14.0. The first-order chi connectivity index (χ1) is 20.2. The van der Waals surface area contributed by atoms with Gasteiger partial charge in [0.25, 0.3) is 10.0 Å². The van der Waals surface area contributed by atoms with Crippen LogP contribution in [-0.4, -0.2) is 44.8 Å². The summed E-state index contributed by atoms with van der Waals surface area (Å²) >= 11 is 0. The lowest BCUT2D eigenvalue weighted by atomic mass is 10.1. The minimum Gasteiger partial charge on any atom is -0.457 e. The fourth-order valence-corrected chi connectivity index (χ4v) is 5.96. The summed E-state index contributed by atoms with van der Waals surface area (Å²) in [5, 5.41) is 2.63. The van der Waals surface area contributed by atoms with Crippen molar-refractivity contribution >= 4 is 27.5 Å². The van der Waals surface area contributed by atoms with Crippen molar-refractivity contribution in [2.24, 2.45) is 0 Å². The number of aryl methyl sites for hydroxylation is 1. The summed E-state index contributed by atoms with van der Waals surface area (Å²) in [7, 11) is -2.63. The molecular formula is C33H35N3O5S. The van der Waals surface area contributed by atoms with E-state index in [0.717, 1.165) is 15.4 Å². The van der Waals surface area contributed by atoms with Crippen molar-refractivity contribution in [3.05, 3.63) is 120 Å². The second-order valence-corrected chi connectivity index (χ2v) is 11.6. The third-order valence-electron chi connectivity index (χ3n) is 6.82. The average molecular weight is 586 g/mol. The fraction of sp³-hybridized carbons (Fsp3) is 0.212. The Hall–Kier alpha value is -4.63. The Bertz CT molecular complexity index is 1580. The van der Waals surface area contributed by atoms with Crippen LogP contribution in [0.3, 0.4) is 0 Å². The Morgan fingerprint density at radius 2 is 1.38 bits per heavy atom. The van der Waals surface area contributed by atoms with Crippen LogP contribution in [0, 0.1) is 6.92 Å². The molecule has 4 rings (SSSR count). The minimum absolute atomic E-state index is 0.0471. The van der Waals surface area contributed by atoms with Crippen LogP contribution in [0.2, 0.25) is 0 Å². The molecule has 0 unspecified atom stereocenters. The predicted molar refractivity (Wildman–Crippen MR) is 164 cm³/mol. The van der Waals surface area contributed by atoms with E-state index in [2.05, 4.69) is 5.32 Å². The molecule has 0 aliphatic rings. The van der Waals surface area contributed by atoms with Gasteiger partial charge in [0.1, 0.15) is 24.1 Å². The number of amides is 2. The van der Waals surface area contributed by atoms with Gasteiger partial charge in [-0.1, -0.05) is 73.2 Å². The van der Waals surface area contributed by atoms with Crippen molar-refractivity contribution in [1.82, 2.24) is 10.2 Å². The molecule has 4 aromatic rings. The number of ether oxygens (including phenoxy) is 1. The first kappa shape index (κ1) is 30.3. The normalized spacial score (nSPS) is 11.8. The van der Waals surface area contributed by atoms with Crippen LogP contribution in [0.25, 0.3) is 0 Å². The Labute approximate surface area is 247 Å². The van der Waals surface area contributed by atoms with Gasteiger partial charge in [0.15, 0.2) is 0 Å². The van der Waals surface area contributed by atoms with Gasteiger partial charge in [0.2, 0.25) is 11.8 Å². The fourth-order valence-electron chi connectivity index (χ4n) is 4.53. The predicted octanol–water partition coefficient (Wildman–Crippen LogP) is 5.54. The SMILES string of the molecule is CC[C@H](C(=O)NC)N(Cc1ccc(C)cc1)C(=O)CN(c1ccc(Oc2ccccc2)cc1)S(=O)(=O)c1ccccc1. The zero-order valence-electron chi connectivity index (χ0n) is 23.9. The topological polar surface area (TPSA) is 96.0 Å². The lowest BCUT2D eigenvalue weighted by Crippen LogP contribution is -2.51. The molecule has 1 N–H and O–H groups in total. The van der Waals surface area contributed by atoms with Gasteiger partial charge in [-0.3, -0.25) is 13.9 Å². The second kappa shape index (κ2) is 13.8. The lowest BCUT2D eigenvalue weighted by molar-refractivity contribution is -0.140. The van der Waals surface area contributed by atoms with Crippen LogP contribution in [-0.2, 0) is 26.2 Å². The number of benzene rings is 4. The van der Waals surface area contributed by atoms with Crippen molar-refractivity contribution in [3.63, 3.8) is 0 Å². The van der Waals surface area contributed by atoms with Crippen molar-refractivity contribution in [2.45, 2.75) is 37.8 Å². The molecule has 0 aliphatic heterocycles. The summed E-state index contributed by atoms with van der Waals surface area (Å²) < 4.78 is 34.8. The minimum atomic E-state index is -4.15. The van der Waals surface area contributed by atoms with Crippen LogP contribution in [0.15, 0.2) is 114 Å². The summed E-state index contributed by atoms with van der Waals surface area (Å²) in [5.41, 5.74) is 2.18. The van der Waals surface area contributed by atoms with Gasteiger partial charge in [0, 0.05) is 13.6 Å². The van der Waals surface area contributed by atoms with Crippen LogP contribution >= 0.6 is 0 Å². The van der Waals surface area contributed by atoms with Crippen molar-refractivity contribution in [3.8, 4) is 11.5 Å². The van der Waals surface area contributed by atoms with Crippen molar-refractivity contribution < 1.29 is 22.7 Å². The molecule has 9 heteroatoms. The Morgan fingerprint density at radius 3 is 1.95 bits per heavy atom. The Morgan fingerprint density at radius 1 is 0.810 bits per heavy atom. The van der Waals surface area contributed by atoms with E-state index in [1.165, 1.54) is 24.1 Å². The third kappa shape index (κ3) is 7.36. The van der Waals surface area contributed by atoms with E-state index in [4.69, 9.17) is 4.74 Å². The third-order valence-corrected chi connectivity index (χ3v) is 8.61. The lowest BCUT2D eigenvalue weighted by Gasteiger charge is -2.33. The van der Waals surface area contributed by atoms with Gasteiger partial charge in [-0.2, -0.15) is 0 Å². The molecule has 0 radical (unpaired) electrons. The van der Waals surface area contributed by atoms with E-state index < -0.39 is 28.5 Å². The van der Waals surface area contributed by atoms with E-state index in [9.17, 15) is 18.0 Å². The molecule has 0 bridgehead atoms. The zero-order valence-corrected chi connectivity index (χ0v) is 24.8. The first-order valence-corrected chi connectivity index (χ1v) is 15.1. The summed E-state index contributed by atoms with van der Waals surface area (Å²) in [6.45, 7) is 3.43. The number of nitrogens with one attached hydrogen (secondary N) is 1. The number of hydrogen-bond donors (Lipinski definition) is 1. The molecule has 0 spiro atoms. The number of carbonyl (C=O) groups excluding carboxylic acids is 2. The van der Waals surface area contributed by atoms with Crippen LogP contribution in [0.4, 0.5) is 5.69 Å². The number of carbonyl (C=O) groups is 2. The summed E-state index contributed by atoms with van der Waals surface area (Å²) in [5.74, 6) is 0.328. The highest BCUT2D eigenvalue weighted by molar-refractivity contribution is 7.92. The van der Waals surface area contributed by atoms with Gasteiger partial charge in [-0.15, -0.1) is 0 Å². The van der Waals surface area contributed by atoms with Gasteiger partial charge >= 0.3 is 0 Å². The number of nitrogens with zero attached hydrogens (tertiary/aromatic N) is 2. The maximum Gasteiger partial charge on any atom is 0.264 e. The average Bonchev–Trinajstić information content (AvgIpc) is 3.01. The van der Waals surface area contributed by atoms with E-state index in [0.29, 0.717) is 17.9 Å². The number of hydrogen-bond acceptors (Lipinski definition) is 5. The van der Waals surface area contributed by atoms with E-state index in [-0.39, 0.29) is 23.0 Å². The maximum atomic E-state index is 14.0. The number of rotatable bonds is 12. The molecule has 42 heavy (non-hydrogen) atoms. The highest BCUT2D eigenvalue weighted by atomic mass is 32.2.